The zero-order chi connectivity index (χ0) is 9.26. The van der Waals surface area contributed by atoms with Gasteiger partial charge in [0.1, 0.15) is 0 Å². The van der Waals surface area contributed by atoms with Gasteiger partial charge in [-0.3, -0.25) is 0 Å². The summed E-state index contributed by atoms with van der Waals surface area (Å²) in [6.45, 7) is 2.93. The maximum Gasteiger partial charge on any atom is 0.0897 e. The van der Waals surface area contributed by atoms with Gasteiger partial charge in [-0.25, -0.2) is 4.98 Å². The van der Waals surface area contributed by atoms with Crippen LogP contribution < -0.4 is 11.1 Å². The van der Waals surface area contributed by atoms with Gasteiger partial charge in [-0.15, -0.1) is 11.3 Å². The summed E-state index contributed by atoms with van der Waals surface area (Å²) in [5.74, 6) is 0. The molecule has 72 valence electrons. The predicted molar refractivity (Wildman–Crippen MR) is 54.7 cm³/mol. The van der Waals surface area contributed by atoms with E-state index in [2.05, 4.69) is 15.7 Å². The minimum atomic E-state index is 0.426. The van der Waals surface area contributed by atoms with Crippen LogP contribution in [0.5, 0.6) is 0 Å². The number of nitrogens with two attached hydrogens (primary N) is 1. The molecule has 3 nitrogen and oxygen atoms in total. The highest BCUT2D eigenvalue weighted by Crippen LogP contribution is 2.18. The zero-order valence-corrected chi connectivity index (χ0v) is 8.60. The molecule has 13 heavy (non-hydrogen) atoms. The van der Waals surface area contributed by atoms with Crippen LogP contribution in [-0.2, 0) is 6.54 Å². The zero-order valence-electron chi connectivity index (χ0n) is 7.79. The van der Waals surface area contributed by atoms with Crippen molar-refractivity contribution in [1.82, 2.24) is 10.3 Å². The van der Waals surface area contributed by atoms with Gasteiger partial charge in [0, 0.05) is 24.0 Å². The first-order valence-electron chi connectivity index (χ1n) is 4.64. The van der Waals surface area contributed by atoms with Gasteiger partial charge in [-0.05, 0) is 19.8 Å². The number of nitrogens with one attached hydrogen (secondary N) is 1. The van der Waals surface area contributed by atoms with E-state index in [1.165, 1.54) is 0 Å². The molecule has 1 aliphatic carbocycles. The minimum absolute atomic E-state index is 0.426. The van der Waals surface area contributed by atoms with Crippen LogP contribution in [0.1, 0.15) is 23.5 Å². The molecule has 0 aliphatic heterocycles. The van der Waals surface area contributed by atoms with Gasteiger partial charge in [-0.1, -0.05) is 0 Å². The lowest BCUT2D eigenvalue weighted by molar-refractivity contribution is 0.290. The number of aromatic nitrogens is 1. The Morgan fingerprint density at radius 2 is 2.46 bits per heavy atom. The fourth-order valence-corrected chi connectivity index (χ4v) is 2.18. The van der Waals surface area contributed by atoms with Crippen LogP contribution in [0.3, 0.4) is 0 Å². The van der Waals surface area contributed by atoms with E-state index in [1.54, 1.807) is 11.3 Å². The Morgan fingerprint density at radius 1 is 1.69 bits per heavy atom. The largest absolute Gasteiger partial charge is 0.328 e. The van der Waals surface area contributed by atoms with Gasteiger partial charge in [0.05, 0.1) is 10.7 Å². The molecule has 0 radical (unpaired) electrons. The number of hydrogen-bond acceptors (Lipinski definition) is 4. The third kappa shape index (κ3) is 2.27. The monoisotopic (exact) mass is 197 g/mol. The van der Waals surface area contributed by atoms with E-state index < -0.39 is 0 Å². The van der Waals surface area contributed by atoms with Crippen LogP contribution in [0.2, 0.25) is 0 Å². The van der Waals surface area contributed by atoms with Crippen molar-refractivity contribution in [3.05, 3.63) is 16.1 Å². The molecular formula is C9H15N3S. The van der Waals surface area contributed by atoms with E-state index in [0.29, 0.717) is 12.1 Å². The average molecular weight is 197 g/mol. The highest BCUT2D eigenvalue weighted by atomic mass is 32.1. The number of thiazole rings is 1. The first-order chi connectivity index (χ1) is 6.24. The molecular weight excluding hydrogens is 182 g/mol. The minimum Gasteiger partial charge on any atom is -0.328 e. The fourth-order valence-electron chi connectivity index (χ4n) is 1.57. The maximum absolute atomic E-state index is 5.69. The molecule has 4 heteroatoms. The molecule has 1 fully saturated rings. The molecule has 1 saturated carbocycles. The molecule has 0 saturated heterocycles. The first kappa shape index (κ1) is 9.12. The van der Waals surface area contributed by atoms with E-state index in [0.717, 1.165) is 30.1 Å². The number of nitrogens with zero attached hydrogens (tertiary/aromatic N) is 1. The Labute approximate surface area is 82.4 Å². The lowest BCUT2D eigenvalue weighted by Gasteiger charge is -2.32. The summed E-state index contributed by atoms with van der Waals surface area (Å²) in [5.41, 5.74) is 6.84. The Bertz CT molecular complexity index is 278. The van der Waals surface area contributed by atoms with Gasteiger partial charge < -0.3 is 11.1 Å². The molecule has 0 atom stereocenters. The molecule has 0 bridgehead atoms. The van der Waals surface area contributed by atoms with Gasteiger partial charge >= 0.3 is 0 Å². The highest BCUT2D eigenvalue weighted by Gasteiger charge is 2.24. The van der Waals surface area contributed by atoms with Gasteiger partial charge in [-0.2, -0.15) is 0 Å². The normalized spacial score (nSPS) is 27.2. The first-order valence-corrected chi connectivity index (χ1v) is 5.52. The quantitative estimate of drug-likeness (QED) is 0.761. The molecule has 1 aromatic rings. The standard InChI is InChI=1S/C9H15N3S/c1-6-12-9(5-13-6)4-11-8-2-7(10)3-8/h5,7-8,11H,2-4,10H2,1H3. The van der Waals surface area contributed by atoms with Crippen molar-refractivity contribution in [2.75, 3.05) is 0 Å². The number of hydrogen-bond donors (Lipinski definition) is 2. The van der Waals surface area contributed by atoms with Crippen molar-refractivity contribution in [2.24, 2.45) is 5.73 Å². The molecule has 2 rings (SSSR count). The molecule has 0 amide bonds. The Balaban J connectivity index is 1.74. The number of rotatable bonds is 3. The second-order valence-electron chi connectivity index (χ2n) is 3.67. The van der Waals surface area contributed by atoms with Crippen LogP contribution in [0, 0.1) is 6.92 Å². The predicted octanol–water partition coefficient (Wildman–Crippen LogP) is 1.03. The SMILES string of the molecule is Cc1nc(CNC2CC(N)C2)cs1. The summed E-state index contributed by atoms with van der Waals surface area (Å²) in [6.07, 6.45) is 2.23. The van der Waals surface area contributed by atoms with Crippen LogP contribution in [0.25, 0.3) is 0 Å². The second-order valence-corrected chi connectivity index (χ2v) is 4.73. The summed E-state index contributed by atoms with van der Waals surface area (Å²) in [7, 11) is 0. The fraction of sp³-hybridized carbons (Fsp3) is 0.667. The summed E-state index contributed by atoms with van der Waals surface area (Å²) in [5, 5.41) is 6.70. The van der Waals surface area contributed by atoms with Gasteiger partial charge in [0.2, 0.25) is 0 Å². The van der Waals surface area contributed by atoms with E-state index >= 15 is 0 Å². The highest BCUT2D eigenvalue weighted by molar-refractivity contribution is 7.09. The Kier molecular flexibility index (Phi) is 2.62. The topological polar surface area (TPSA) is 50.9 Å². The lowest BCUT2D eigenvalue weighted by atomic mass is 9.88. The van der Waals surface area contributed by atoms with Crippen molar-refractivity contribution in [3.8, 4) is 0 Å². The van der Waals surface area contributed by atoms with Crippen LogP contribution in [0.15, 0.2) is 5.38 Å². The van der Waals surface area contributed by atoms with Gasteiger partial charge in [0.25, 0.3) is 0 Å². The van der Waals surface area contributed by atoms with E-state index in [-0.39, 0.29) is 0 Å². The van der Waals surface area contributed by atoms with Crippen molar-refractivity contribution < 1.29 is 0 Å². The van der Waals surface area contributed by atoms with Crippen molar-refractivity contribution >= 4 is 11.3 Å². The molecule has 0 unspecified atom stereocenters. The van der Waals surface area contributed by atoms with Crippen molar-refractivity contribution in [1.29, 1.82) is 0 Å². The molecule has 0 spiro atoms. The maximum atomic E-state index is 5.69. The van der Waals surface area contributed by atoms with Crippen LogP contribution in [-0.4, -0.2) is 17.1 Å². The summed E-state index contributed by atoms with van der Waals surface area (Å²) >= 11 is 1.71. The number of aryl methyl sites for hydroxylation is 1. The average Bonchev–Trinajstić information content (AvgIpc) is 2.43. The molecule has 3 N–H and O–H groups in total. The summed E-state index contributed by atoms with van der Waals surface area (Å²) in [4.78, 5) is 4.38. The smallest absolute Gasteiger partial charge is 0.0897 e. The molecule has 0 aromatic carbocycles. The van der Waals surface area contributed by atoms with E-state index in [4.69, 9.17) is 5.73 Å². The van der Waals surface area contributed by atoms with E-state index in [1.807, 2.05) is 6.92 Å². The Morgan fingerprint density at radius 3 is 3.00 bits per heavy atom. The van der Waals surface area contributed by atoms with Crippen molar-refractivity contribution in [2.45, 2.75) is 38.4 Å². The molecule has 1 aliphatic rings. The van der Waals surface area contributed by atoms with Crippen LogP contribution >= 0.6 is 11.3 Å². The third-order valence-corrected chi connectivity index (χ3v) is 3.24. The van der Waals surface area contributed by atoms with Crippen molar-refractivity contribution in [3.63, 3.8) is 0 Å². The van der Waals surface area contributed by atoms with Gasteiger partial charge in [0.15, 0.2) is 0 Å². The molecule has 1 aromatic heterocycles. The summed E-state index contributed by atoms with van der Waals surface area (Å²) in [6, 6.07) is 1.05. The van der Waals surface area contributed by atoms with Crippen LogP contribution in [0.4, 0.5) is 0 Å². The Hall–Kier alpha value is -0.450. The summed E-state index contributed by atoms with van der Waals surface area (Å²) < 4.78 is 0. The van der Waals surface area contributed by atoms with E-state index in [9.17, 15) is 0 Å². The molecule has 1 heterocycles. The second kappa shape index (κ2) is 3.74. The third-order valence-electron chi connectivity index (χ3n) is 2.41. The lowest BCUT2D eigenvalue weighted by Crippen LogP contribution is -2.48.